The molecule has 5 nitrogen and oxygen atoms in total. The minimum atomic E-state index is -0.275. The molecule has 0 unspecified atom stereocenters. The van der Waals surface area contributed by atoms with Crippen molar-refractivity contribution < 1.29 is 4.79 Å². The second kappa shape index (κ2) is 8.21. The zero-order valence-electron chi connectivity index (χ0n) is 14.0. The number of amides is 1. The molecule has 0 saturated carbocycles. The lowest BCUT2D eigenvalue weighted by molar-refractivity contribution is -0.113. The van der Waals surface area contributed by atoms with E-state index in [1.807, 2.05) is 31.2 Å². The number of carbonyl (C=O) groups is 1. The summed E-state index contributed by atoms with van der Waals surface area (Å²) < 4.78 is 1.48. The molecular weight excluding hydrogens is 370 g/mol. The molecule has 0 radical (unpaired) electrons. The van der Waals surface area contributed by atoms with E-state index in [4.69, 9.17) is 11.6 Å². The maximum Gasteiger partial charge on any atom is 0.287 e. The summed E-state index contributed by atoms with van der Waals surface area (Å²) in [5, 5.41) is 3.68. The van der Waals surface area contributed by atoms with E-state index in [0.717, 1.165) is 23.0 Å². The third-order valence-electron chi connectivity index (χ3n) is 3.56. The molecule has 3 rings (SSSR count). The van der Waals surface area contributed by atoms with Crippen LogP contribution < -0.4 is 10.9 Å². The van der Waals surface area contributed by atoms with Crippen LogP contribution in [0.15, 0.2) is 70.7 Å². The van der Waals surface area contributed by atoms with Gasteiger partial charge in [-0.2, -0.15) is 0 Å². The van der Waals surface area contributed by atoms with E-state index in [2.05, 4.69) is 10.3 Å². The number of aromatic nitrogens is 2. The molecule has 2 aromatic carbocycles. The summed E-state index contributed by atoms with van der Waals surface area (Å²) in [5.41, 5.74) is 2.21. The smallest absolute Gasteiger partial charge is 0.287 e. The minimum Gasteiger partial charge on any atom is -0.325 e. The average Bonchev–Trinajstić information content (AvgIpc) is 2.62. The topological polar surface area (TPSA) is 64.0 Å². The van der Waals surface area contributed by atoms with Crippen LogP contribution in [0.5, 0.6) is 0 Å². The third-order valence-corrected chi connectivity index (χ3v) is 4.77. The van der Waals surface area contributed by atoms with E-state index in [1.54, 1.807) is 30.5 Å². The molecule has 1 N–H and O–H groups in total. The Morgan fingerprint density at radius 3 is 2.73 bits per heavy atom. The van der Waals surface area contributed by atoms with Crippen molar-refractivity contribution in [1.29, 1.82) is 0 Å². The van der Waals surface area contributed by atoms with Gasteiger partial charge in [-0.25, -0.2) is 4.98 Å². The number of aryl methyl sites for hydroxylation is 1. The Labute approximate surface area is 160 Å². The van der Waals surface area contributed by atoms with E-state index in [0.29, 0.717) is 10.7 Å². The molecule has 0 aliphatic heterocycles. The second-order valence-electron chi connectivity index (χ2n) is 5.59. The molecule has 0 saturated heterocycles. The molecule has 132 valence electrons. The van der Waals surface area contributed by atoms with Crippen molar-refractivity contribution in [2.45, 2.75) is 11.9 Å². The van der Waals surface area contributed by atoms with Gasteiger partial charge >= 0.3 is 0 Å². The quantitative estimate of drug-likeness (QED) is 0.676. The first-order chi connectivity index (χ1) is 12.5. The van der Waals surface area contributed by atoms with Crippen LogP contribution >= 0.6 is 23.4 Å². The van der Waals surface area contributed by atoms with Gasteiger partial charge in [0, 0.05) is 28.8 Å². The highest BCUT2D eigenvalue weighted by Gasteiger charge is 2.10. The van der Waals surface area contributed by atoms with Crippen molar-refractivity contribution >= 4 is 35.0 Å². The zero-order valence-corrected chi connectivity index (χ0v) is 15.6. The molecule has 0 fully saturated rings. The largest absolute Gasteiger partial charge is 0.325 e. The summed E-state index contributed by atoms with van der Waals surface area (Å²) in [7, 11) is 0. The van der Waals surface area contributed by atoms with Gasteiger partial charge in [0.05, 0.1) is 5.75 Å². The van der Waals surface area contributed by atoms with Gasteiger partial charge in [0.25, 0.3) is 5.56 Å². The molecule has 3 aromatic rings. The van der Waals surface area contributed by atoms with Crippen molar-refractivity contribution in [3.05, 3.63) is 81.9 Å². The summed E-state index contributed by atoms with van der Waals surface area (Å²) in [5.74, 6) is -0.0930. The van der Waals surface area contributed by atoms with Crippen molar-refractivity contribution in [2.75, 3.05) is 11.1 Å². The molecule has 0 aliphatic rings. The molecule has 1 heterocycles. The maximum atomic E-state index is 12.6. The molecule has 0 aliphatic carbocycles. The van der Waals surface area contributed by atoms with Crippen molar-refractivity contribution in [3.8, 4) is 5.69 Å². The molecule has 0 spiro atoms. The van der Waals surface area contributed by atoms with Gasteiger partial charge < -0.3 is 5.32 Å². The van der Waals surface area contributed by atoms with Crippen LogP contribution in [0.25, 0.3) is 5.69 Å². The summed E-state index contributed by atoms with van der Waals surface area (Å²) in [6.07, 6.45) is 3.12. The van der Waals surface area contributed by atoms with Gasteiger partial charge in [0.1, 0.15) is 0 Å². The number of carbonyl (C=O) groups excluding carboxylic acids is 1. The Morgan fingerprint density at radius 1 is 1.23 bits per heavy atom. The lowest BCUT2D eigenvalue weighted by Gasteiger charge is -2.08. The van der Waals surface area contributed by atoms with Gasteiger partial charge in [-0.05, 0) is 48.9 Å². The lowest BCUT2D eigenvalue weighted by Crippen LogP contribution is -2.22. The standard InChI is InChI=1S/C19H16ClN3O2S/c1-13-3-2-4-15(11-13)22-17(24)12-26-18-19(25)23(10-9-21-18)16-7-5-14(20)6-8-16/h2-11H,12H2,1H3,(H,22,24). The van der Waals surface area contributed by atoms with Gasteiger partial charge in [0.2, 0.25) is 5.91 Å². The number of thioether (sulfide) groups is 1. The second-order valence-corrected chi connectivity index (χ2v) is 6.99. The van der Waals surface area contributed by atoms with Crippen LogP contribution in [0.3, 0.4) is 0 Å². The number of hydrogen-bond donors (Lipinski definition) is 1. The van der Waals surface area contributed by atoms with Crippen molar-refractivity contribution in [3.63, 3.8) is 0 Å². The molecule has 26 heavy (non-hydrogen) atoms. The molecule has 1 amide bonds. The van der Waals surface area contributed by atoms with E-state index in [-0.39, 0.29) is 22.2 Å². The molecule has 0 atom stereocenters. The van der Waals surface area contributed by atoms with Crippen LogP contribution in [-0.4, -0.2) is 21.2 Å². The third kappa shape index (κ3) is 4.53. The highest BCUT2D eigenvalue weighted by Crippen LogP contribution is 2.15. The summed E-state index contributed by atoms with van der Waals surface area (Å²) in [6.45, 7) is 1.96. The molecular formula is C19H16ClN3O2S. The van der Waals surface area contributed by atoms with Crippen LogP contribution in [0.2, 0.25) is 5.02 Å². The highest BCUT2D eigenvalue weighted by molar-refractivity contribution is 7.99. The first kappa shape index (κ1) is 18.2. The summed E-state index contributed by atoms with van der Waals surface area (Å²) in [6, 6.07) is 14.5. The lowest BCUT2D eigenvalue weighted by atomic mass is 10.2. The summed E-state index contributed by atoms with van der Waals surface area (Å²) in [4.78, 5) is 28.8. The number of nitrogens with zero attached hydrogens (tertiary/aromatic N) is 2. The average molecular weight is 386 g/mol. The molecule has 7 heteroatoms. The van der Waals surface area contributed by atoms with Gasteiger partial charge in [-0.15, -0.1) is 0 Å². The summed E-state index contributed by atoms with van der Waals surface area (Å²) >= 11 is 6.99. The van der Waals surface area contributed by atoms with E-state index in [1.165, 1.54) is 10.8 Å². The van der Waals surface area contributed by atoms with Gasteiger partial charge in [-0.1, -0.05) is 35.5 Å². The number of rotatable bonds is 5. The van der Waals surface area contributed by atoms with Gasteiger partial charge in [-0.3, -0.25) is 14.2 Å². The first-order valence-electron chi connectivity index (χ1n) is 7.86. The maximum absolute atomic E-state index is 12.6. The zero-order chi connectivity index (χ0) is 18.5. The minimum absolute atomic E-state index is 0.0980. The fourth-order valence-corrected chi connectivity index (χ4v) is 3.17. The number of nitrogens with one attached hydrogen (secondary N) is 1. The molecule has 0 bridgehead atoms. The number of halogens is 1. The Morgan fingerprint density at radius 2 is 2.00 bits per heavy atom. The SMILES string of the molecule is Cc1cccc(NC(=O)CSc2nccn(-c3ccc(Cl)cc3)c2=O)c1. The van der Waals surface area contributed by atoms with E-state index < -0.39 is 0 Å². The monoisotopic (exact) mass is 385 g/mol. The van der Waals surface area contributed by atoms with Crippen LogP contribution in [0, 0.1) is 6.92 Å². The number of hydrogen-bond acceptors (Lipinski definition) is 4. The fourth-order valence-electron chi connectivity index (χ4n) is 2.35. The van der Waals surface area contributed by atoms with Crippen LogP contribution in [-0.2, 0) is 4.79 Å². The van der Waals surface area contributed by atoms with Crippen LogP contribution in [0.4, 0.5) is 5.69 Å². The molecule has 1 aromatic heterocycles. The Hall–Kier alpha value is -2.57. The Kier molecular flexibility index (Phi) is 5.75. The van der Waals surface area contributed by atoms with Crippen molar-refractivity contribution in [2.24, 2.45) is 0 Å². The van der Waals surface area contributed by atoms with E-state index >= 15 is 0 Å². The van der Waals surface area contributed by atoms with E-state index in [9.17, 15) is 9.59 Å². The number of benzene rings is 2. The first-order valence-corrected chi connectivity index (χ1v) is 9.22. The predicted molar refractivity (Wildman–Crippen MR) is 105 cm³/mol. The Balaban J connectivity index is 1.70. The highest BCUT2D eigenvalue weighted by atomic mass is 35.5. The van der Waals surface area contributed by atoms with Crippen molar-refractivity contribution in [1.82, 2.24) is 9.55 Å². The number of anilines is 1. The normalized spacial score (nSPS) is 10.5. The Bertz CT molecular complexity index is 987. The van der Waals surface area contributed by atoms with Gasteiger partial charge in [0.15, 0.2) is 5.03 Å². The predicted octanol–water partition coefficient (Wildman–Crippen LogP) is 3.93. The fraction of sp³-hybridized carbons (Fsp3) is 0.105. The van der Waals surface area contributed by atoms with Crippen LogP contribution in [0.1, 0.15) is 5.56 Å².